The third kappa shape index (κ3) is 4.96. The molecule has 0 fully saturated rings. The fourth-order valence-electron chi connectivity index (χ4n) is 4.32. The second kappa shape index (κ2) is 10.3. The number of para-hydroxylation sites is 1. The third-order valence-electron chi connectivity index (χ3n) is 6.40. The van der Waals surface area contributed by atoms with Crippen LogP contribution in [0.3, 0.4) is 0 Å². The van der Waals surface area contributed by atoms with Crippen molar-refractivity contribution >= 4 is 32.9 Å². The molecule has 0 saturated heterocycles. The molecular weight excluding hydrogens is 520 g/mol. The van der Waals surface area contributed by atoms with Gasteiger partial charge < -0.3 is 14.4 Å². The van der Waals surface area contributed by atoms with Gasteiger partial charge in [0.15, 0.2) is 0 Å². The van der Waals surface area contributed by atoms with Gasteiger partial charge in [0, 0.05) is 11.1 Å². The molecule has 10 nitrogen and oxygen atoms in total. The lowest BCUT2D eigenvalue weighted by atomic mass is 10.0. The number of carboxylic acids is 1. The summed E-state index contributed by atoms with van der Waals surface area (Å²) in [5.41, 5.74) is 4.40. The molecule has 11 heteroatoms. The van der Waals surface area contributed by atoms with E-state index in [1.54, 1.807) is 48.7 Å². The Balaban J connectivity index is 1.49. The molecule has 0 aliphatic heterocycles. The maximum atomic E-state index is 13.3. The number of anilines is 1. The zero-order valence-corrected chi connectivity index (χ0v) is 22.3. The largest absolute Gasteiger partial charge is 0.478 e. The molecule has 0 unspecified atom stereocenters. The Kier molecular flexibility index (Phi) is 6.83. The van der Waals surface area contributed by atoms with Gasteiger partial charge in [0.2, 0.25) is 5.88 Å². The Morgan fingerprint density at radius 2 is 1.79 bits per heavy atom. The fraction of sp³-hybridized carbons (Fsp3) is 0.179. The number of nitrogens with one attached hydrogen (secondary N) is 1. The number of benzene rings is 3. The summed E-state index contributed by atoms with van der Waals surface area (Å²) in [6.07, 6.45) is 0. The van der Waals surface area contributed by atoms with E-state index < -0.39 is 16.0 Å². The Bertz CT molecular complexity index is 1790. The number of aromatic carboxylic acids is 1. The topological polar surface area (TPSA) is 137 Å². The monoisotopic (exact) mass is 546 g/mol. The van der Waals surface area contributed by atoms with Crippen molar-refractivity contribution in [3.63, 3.8) is 0 Å². The number of hydrogen-bond donors (Lipinski definition) is 2. The predicted octanol–water partition coefficient (Wildman–Crippen LogP) is 5.25. The first kappa shape index (κ1) is 26.0. The smallest absolute Gasteiger partial charge is 0.337 e. The molecule has 0 aliphatic rings. The number of nitrogens with zero attached hydrogens (tertiary/aromatic N) is 3. The van der Waals surface area contributed by atoms with Gasteiger partial charge in [-0.15, -0.1) is 0 Å². The summed E-state index contributed by atoms with van der Waals surface area (Å²) in [7, 11) is -3.97. The van der Waals surface area contributed by atoms with Crippen LogP contribution in [0.1, 0.15) is 34.1 Å². The number of imidazole rings is 1. The summed E-state index contributed by atoms with van der Waals surface area (Å²) in [6, 6.07) is 19.3. The minimum absolute atomic E-state index is 0.0797. The molecule has 0 saturated carbocycles. The molecule has 0 aliphatic carbocycles. The van der Waals surface area contributed by atoms with Crippen LogP contribution in [0.4, 0.5) is 5.88 Å². The second-order valence-corrected chi connectivity index (χ2v) is 10.6. The van der Waals surface area contributed by atoms with Crippen LogP contribution in [-0.4, -0.2) is 40.8 Å². The van der Waals surface area contributed by atoms with Crippen LogP contribution in [0.15, 0.2) is 76.1 Å². The van der Waals surface area contributed by atoms with E-state index in [1.807, 2.05) is 31.2 Å². The minimum atomic E-state index is -3.97. The van der Waals surface area contributed by atoms with Crippen LogP contribution < -0.4 is 9.46 Å². The highest BCUT2D eigenvalue weighted by Crippen LogP contribution is 2.31. The highest BCUT2D eigenvalue weighted by Gasteiger charge is 2.23. The molecule has 0 amide bonds. The number of carboxylic acid groups (broad SMARTS) is 1. The van der Waals surface area contributed by atoms with E-state index >= 15 is 0 Å². The van der Waals surface area contributed by atoms with E-state index in [-0.39, 0.29) is 16.3 Å². The van der Waals surface area contributed by atoms with Crippen LogP contribution in [-0.2, 0) is 16.6 Å². The van der Waals surface area contributed by atoms with Gasteiger partial charge >= 0.3 is 5.97 Å². The molecular formula is C28H26N4O6S. The maximum absolute atomic E-state index is 13.3. The number of hydrogen-bond acceptors (Lipinski definition) is 7. The average Bonchev–Trinajstić information content (AvgIpc) is 3.43. The van der Waals surface area contributed by atoms with Crippen LogP contribution in [0.2, 0.25) is 0 Å². The molecule has 2 aromatic heterocycles. The number of carbonyl (C=O) groups is 1. The Hall–Kier alpha value is -4.64. The highest BCUT2D eigenvalue weighted by atomic mass is 32.2. The van der Waals surface area contributed by atoms with Gasteiger partial charge in [0.1, 0.15) is 0 Å². The second-order valence-electron chi connectivity index (χ2n) is 8.91. The van der Waals surface area contributed by atoms with Crippen LogP contribution in [0.25, 0.3) is 22.2 Å². The zero-order valence-electron chi connectivity index (χ0n) is 21.5. The first-order valence-electron chi connectivity index (χ1n) is 12.2. The third-order valence-corrected chi connectivity index (χ3v) is 7.79. The van der Waals surface area contributed by atoms with Crippen molar-refractivity contribution in [2.75, 3.05) is 11.3 Å². The molecule has 0 spiro atoms. The first-order valence-corrected chi connectivity index (χ1v) is 13.7. The van der Waals surface area contributed by atoms with Crippen molar-refractivity contribution in [3.05, 3.63) is 89.1 Å². The van der Waals surface area contributed by atoms with Crippen molar-refractivity contribution in [1.29, 1.82) is 0 Å². The molecule has 2 heterocycles. The predicted molar refractivity (Wildman–Crippen MR) is 146 cm³/mol. The molecule has 3 aromatic carbocycles. The Labute approximate surface area is 224 Å². The lowest BCUT2D eigenvalue weighted by Gasteiger charge is -2.13. The van der Waals surface area contributed by atoms with Crippen molar-refractivity contribution in [1.82, 2.24) is 14.7 Å². The molecule has 0 bridgehead atoms. The van der Waals surface area contributed by atoms with Crippen LogP contribution >= 0.6 is 0 Å². The van der Waals surface area contributed by atoms with Crippen molar-refractivity contribution in [3.8, 4) is 17.1 Å². The molecule has 0 atom stereocenters. The van der Waals surface area contributed by atoms with E-state index in [9.17, 15) is 18.3 Å². The Morgan fingerprint density at radius 1 is 1.05 bits per heavy atom. The number of aromatic nitrogens is 3. The standard InChI is InChI=1S/C28H26N4O6S/c1-4-37-28-29-23-10-7-9-22(27(33)34)25(23)32(28)16-19-12-14-20(15-13-19)21-8-5-6-11-24(21)39(35,36)31-26-17(2)18(3)30-38-26/h5-15,31H,4,16H2,1-3H3,(H,33,34). The molecule has 39 heavy (non-hydrogen) atoms. The van der Waals surface area contributed by atoms with Gasteiger partial charge in [-0.1, -0.05) is 53.7 Å². The summed E-state index contributed by atoms with van der Waals surface area (Å²) in [5, 5.41) is 13.5. The van der Waals surface area contributed by atoms with Gasteiger partial charge in [0.05, 0.1) is 40.3 Å². The quantitative estimate of drug-likeness (QED) is 0.256. The number of ether oxygens (including phenoxy) is 1. The van der Waals surface area contributed by atoms with Gasteiger partial charge in [0.25, 0.3) is 16.0 Å². The van der Waals surface area contributed by atoms with Crippen molar-refractivity contribution in [2.45, 2.75) is 32.2 Å². The van der Waals surface area contributed by atoms with Crippen LogP contribution in [0, 0.1) is 13.8 Å². The lowest BCUT2D eigenvalue weighted by Crippen LogP contribution is -2.14. The van der Waals surface area contributed by atoms with Gasteiger partial charge in [-0.05, 0) is 50.1 Å². The summed E-state index contributed by atoms with van der Waals surface area (Å²) in [6.45, 7) is 5.98. The molecule has 5 rings (SSSR count). The number of fused-ring (bicyclic) bond motifs is 1. The molecule has 200 valence electrons. The lowest BCUT2D eigenvalue weighted by molar-refractivity contribution is 0.0698. The van der Waals surface area contributed by atoms with Gasteiger partial charge in [-0.2, -0.15) is 4.98 Å². The molecule has 0 radical (unpaired) electrons. The average molecular weight is 547 g/mol. The first-order chi connectivity index (χ1) is 18.7. The molecule has 2 N–H and O–H groups in total. The van der Waals surface area contributed by atoms with E-state index in [0.717, 1.165) is 5.56 Å². The summed E-state index contributed by atoms with van der Waals surface area (Å²) >= 11 is 0. The zero-order chi connectivity index (χ0) is 27.7. The summed E-state index contributed by atoms with van der Waals surface area (Å²) in [5.74, 6) is -0.974. The van der Waals surface area contributed by atoms with E-state index in [4.69, 9.17) is 9.26 Å². The summed E-state index contributed by atoms with van der Waals surface area (Å²) < 4.78 is 41.6. The highest BCUT2D eigenvalue weighted by molar-refractivity contribution is 7.92. The van der Waals surface area contributed by atoms with Gasteiger partial charge in [-0.25, -0.2) is 17.9 Å². The number of aryl methyl sites for hydroxylation is 1. The number of rotatable bonds is 9. The Morgan fingerprint density at radius 3 is 2.46 bits per heavy atom. The summed E-state index contributed by atoms with van der Waals surface area (Å²) in [4.78, 5) is 16.5. The van der Waals surface area contributed by atoms with Gasteiger partial charge in [-0.3, -0.25) is 4.57 Å². The normalized spacial score (nSPS) is 11.6. The van der Waals surface area contributed by atoms with E-state index in [0.29, 0.717) is 52.6 Å². The number of sulfonamides is 1. The maximum Gasteiger partial charge on any atom is 0.337 e. The van der Waals surface area contributed by atoms with Crippen molar-refractivity contribution in [2.24, 2.45) is 0 Å². The fourth-order valence-corrected chi connectivity index (χ4v) is 5.60. The van der Waals surface area contributed by atoms with Crippen LogP contribution in [0.5, 0.6) is 6.01 Å². The van der Waals surface area contributed by atoms with E-state index in [2.05, 4.69) is 14.9 Å². The van der Waals surface area contributed by atoms with Crippen molar-refractivity contribution < 1.29 is 27.6 Å². The SMILES string of the molecule is CCOc1nc2cccc(C(=O)O)c2n1Cc1ccc(-c2ccccc2S(=O)(=O)Nc2onc(C)c2C)cc1. The molecule has 5 aromatic rings. The minimum Gasteiger partial charge on any atom is -0.478 e. The van der Waals surface area contributed by atoms with E-state index in [1.165, 1.54) is 12.1 Å².